The number of hydrogen-bond donors (Lipinski definition) is 2. The number of guanidine groups is 1. The Morgan fingerprint density at radius 3 is 2.68 bits per heavy atom. The van der Waals surface area contributed by atoms with Crippen LogP contribution < -0.4 is 10.6 Å². The van der Waals surface area contributed by atoms with E-state index < -0.39 is 0 Å². The van der Waals surface area contributed by atoms with Crippen molar-refractivity contribution in [2.75, 3.05) is 39.3 Å². The second kappa shape index (κ2) is 10.6. The summed E-state index contributed by atoms with van der Waals surface area (Å²) in [6.07, 6.45) is 6.58. The number of hydrogen-bond acceptors (Lipinski definition) is 3. The molecule has 2 saturated heterocycles. The number of aliphatic imine (C=N–C) groups is 1. The van der Waals surface area contributed by atoms with Crippen LogP contribution in [0.3, 0.4) is 0 Å². The number of rotatable bonds is 7. The molecule has 6 nitrogen and oxygen atoms in total. The van der Waals surface area contributed by atoms with Gasteiger partial charge < -0.3 is 15.5 Å². The van der Waals surface area contributed by atoms with Crippen LogP contribution in [-0.4, -0.2) is 73.0 Å². The van der Waals surface area contributed by atoms with Gasteiger partial charge in [0.15, 0.2) is 5.96 Å². The van der Waals surface area contributed by atoms with Crippen molar-refractivity contribution in [1.29, 1.82) is 0 Å². The minimum atomic E-state index is 0.267. The van der Waals surface area contributed by atoms with Crippen LogP contribution >= 0.6 is 0 Å². The zero-order valence-electron chi connectivity index (χ0n) is 16.4. The summed E-state index contributed by atoms with van der Waals surface area (Å²) < 4.78 is 0. The van der Waals surface area contributed by atoms with Gasteiger partial charge in [-0.1, -0.05) is 6.92 Å². The van der Waals surface area contributed by atoms with Crippen LogP contribution in [0.1, 0.15) is 59.3 Å². The van der Waals surface area contributed by atoms with Crippen LogP contribution in [0.4, 0.5) is 0 Å². The third-order valence-corrected chi connectivity index (χ3v) is 5.46. The lowest BCUT2D eigenvalue weighted by Gasteiger charge is -2.33. The van der Waals surface area contributed by atoms with E-state index in [1.54, 1.807) is 0 Å². The van der Waals surface area contributed by atoms with E-state index in [0.717, 1.165) is 45.0 Å². The number of likely N-dealkylation sites (tertiary alicyclic amines) is 2. The summed E-state index contributed by atoms with van der Waals surface area (Å²) in [4.78, 5) is 21.7. The van der Waals surface area contributed by atoms with Crippen molar-refractivity contribution in [3.63, 3.8) is 0 Å². The molecule has 0 saturated carbocycles. The molecule has 2 N–H and O–H groups in total. The van der Waals surface area contributed by atoms with E-state index in [1.165, 1.54) is 25.8 Å². The zero-order valence-corrected chi connectivity index (χ0v) is 16.4. The Morgan fingerprint density at radius 2 is 1.96 bits per heavy atom. The molecule has 0 bridgehead atoms. The highest BCUT2D eigenvalue weighted by Gasteiger charge is 2.23. The molecule has 25 heavy (non-hydrogen) atoms. The molecule has 0 aromatic carbocycles. The molecule has 6 heteroatoms. The van der Waals surface area contributed by atoms with Crippen molar-refractivity contribution in [3.05, 3.63) is 0 Å². The normalized spacial score (nSPS) is 25.2. The lowest BCUT2D eigenvalue weighted by atomic mass is 10.0. The van der Waals surface area contributed by atoms with Gasteiger partial charge in [-0.25, -0.2) is 0 Å². The van der Waals surface area contributed by atoms with E-state index in [9.17, 15) is 4.79 Å². The molecule has 144 valence electrons. The van der Waals surface area contributed by atoms with Crippen molar-refractivity contribution < 1.29 is 4.79 Å². The van der Waals surface area contributed by atoms with E-state index in [4.69, 9.17) is 4.99 Å². The van der Waals surface area contributed by atoms with Crippen molar-refractivity contribution in [2.24, 2.45) is 4.99 Å². The first kappa shape index (κ1) is 20.0. The second-order valence-corrected chi connectivity index (χ2v) is 7.25. The SMILES string of the molecule is CCNC(=NCC1CCCN1CC)NCCC(=O)N1CCCCC1C. The summed E-state index contributed by atoms with van der Waals surface area (Å²) in [6.45, 7) is 12.0. The van der Waals surface area contributed by atoms with E-state index in [1.807, 2.05) is 4.90 Å². The van der Waals surface area contributed by atoms with Crippen LogP contribution in [-0.2, 0) is 4.79 Å². The summed E-state index contributed by atoms with van der Waals surface area (Å²) in [5.41, 5.74) is 0. The lowest BCUT2D eigenvalue weighted by Crippen LogP contribution is -2.44. The van der Waals surface area contributed by atoms with Gasteiger partial charge in [-0.05, 0) is 59.0 Å². The third-order valence-electron chi connectivity index (χ3n) is 5.46. The van der Waals surface area contributed by atoms with Crippen molar-refractivity contribution in [1.82, 2.24) is 20.4 Å². The summed E-state index contributed by atoms with van der Waals surface area (Å²) in [5, 5.41) is 6.63. The van der Waals surface area contributed by atoms with Crippen molar-refractivity contribution in [2.45, 2.75) is 71.4 Å². The molecule has 2 rings (SSSR count). The van der Waals surface area contributed by atoms with Crippen molar-refractivity contribution in [3.8, 4) is 0 Å². The Labute approximate surface area is 153 Å². The van der Waals surface area contributed by atoms with E-state index in [0.29, 0.717) is 25.0 Å². The number of amides is 1. The first-order valence-electron chi connectivity index (χ1n) is 10.2. The average molecular weight is 352 g/mol. The van der Waals surface area contributed by atoms with Gasteiger partial charge in [-0.15, -0.1) is 0 Å². The number of nitrogens with one attached hydrogen (secondary N) is 2. The van der Waals surface area contributed by atoms with Crippen LogP contribution in [0, 0.1) is 0 Å². The lowest BCUT2D eigenvalue weighted by molar-refractivity contribution is -0.134. The minimum Gasteiger partial charge on any atom is -0.357 e. The Bertz CT molecular complexity index is 440. The van der Waals surface area contributed by atoms with Gasteiger partial charge in [0, 0.05) is 38.1 Å². The first-order chi connectivity index (χ1) is 12.2. The zero-order chi connectivity index (χ0) is 18.1. The fourth-order valence-electron chi connectivity index (χ4n) is 3.96. The summed E-state index contributed by atoms with van der Waals surface area (Å²) in [6, 6.07) is 0.960. The molecule has 0 radical (unpaired) electrons. The van der Waals surface area contributed by atoms with E-state index >= 15 is 0 Å². The van der Waals surface area contributed by atoms with E-state index in [-0.39, 0.29) is 5.91 Å². The first-order valence-corrected chi connectivity index (χ1v) is 10.2. The van der Waals surface area contributed by atoms with Gasteiger partial charge in [0.1, 0.15) is 0 Å². The number of likely N-dealkylation sites (N-methyl/N-ethyl adjacent to an activating group) is 1. The Kier molecular flexibility index (Phi) is 8.52. The molecule has 2 unspecified atom stereocenters. The Hall–Kier alpha value is -1.30. The fourth-order valence-corrected chi connectivity index (χ4v) is 3.96. The number of carbonyl (C=O) groups is 1. The number of nitrogens with zero attached hydrogens (tertiary/aromatic N) is 3. The highest BCUT2D eigenvalue weighted by Crippen LogP contribution is 2.17. The van der Waals surface area contributed by atoms with Gasteiger partial charge in [-0.2, -0.15) is 0 Å². The smallest absolute Gasteiger partial charge is 0.224 e. The molecular weight excluding hydrogens is 314 g/mol. The van der Waals surface area contributed by atoms with Gasteiger partial charge in [0.05, 0.1) is 6.54 Å². The number of carbonyl (C=O) groups excluding carboxylic acids is 1. The minimum absolute atomic E-state index is 0.267. The van der Waals surface area contributed by atoms with Gasteiger partial charge >= 0.3 is 0 Å². The molecule has 2 heterocycles. The average Bonchev–Trinajstić information content (AvgIpc) is 3.07. The van der Waals surface area contributed by atoms with Crippen molar-refractivity contribution >= 4 is 11.9 Å². The van der Waals surface area contributed by atoms with Gasteiger partial charge in [0.25, 0.3) is 0 Å². The fraction of sp³-hybridized carbons (Fsp3) is 0.895. The Morgan fingerprint density at radius 1 is 1.12 bits per heavy atom. The molecule has 0 aromatic heterocycles. The van der Waals surface area contributed by atoms with Crippen LogP contribution in [0.25, 0.3) is 0 Å². The maximum atomic E-state index is 12.4. The van der Waals surface area contributed by atoms with Crippen LogP contribution in [0.2, 0.25) is 0 Å². The van der Waals surface area contributed by atoms with Gasteiger partial charge in [-0.3, -0.25) is 14.7 Å². The highest BCUT2D eigenvalue weighted by molar-refractivity contribution is 5.81. The van der Waals surface area contributed by atoms with Gasteiger partial charge in [0.2, 0.25) is 5.91 Å². The highest BCUT2D eigenvalue weighted by atomic mass is 16.2. The molecule has 1 amide bonds. The number of piperidine rings is 1. The largest absolute Gasteiger partial charge is 0.357 e. The molecule has 0 aromatic rings. The molecule has 0 spiro atoms. The molecule has 0 aliphatic carbocycles. The second-order valence-electron chi connectivity index (χ2n) is 7.25. The predicted octanol–water partition coefficient (Wildman–Crippen LogP) is 1.82. The maximum absolute atomic E-state index is 12.4. The predicted molar refractivity (Wildman–Crippen MR) is 104 cm³/mol. The standard InChI is InChI=1S/C19H37N5O/c1-4-20-19(22-15-17-10-8-13-23(17)5-2)21-12-11-18(25)24-14-7-6-9-16(24)3/h16-17H,4-15H2,1-3H3,(H2,20,21,22). The van der Waals surface area contributed by atoms with E-state index in [2.05, 4.69) is 36.3 Å². The third kappa shape index (κ3) is 6.17. The molecule has 2 aliphatic rings. The topological polar surface area (TPSA) is 60.0 Å². The quantitative estimate of drug-likeness (QED) is 0.543. The summed E-state index contributed by atoms with van der Waals surface area (Å²) in [7, 11) is 0. The molecular formula is C19H37N5O. The Balaban J connectivity index is 1.76. The molecule has 2 atom stereocenters. The molecule has 2 fully saturated rings. The summed E-state index contributed by atoms with van der Waals surface area (Å²) in [5.74, 6) is 1.11. The summed E-state index contributed by atoms with van der Waals surface area (Å²) >= 11 is 0. The maximum Gasteiger partial charge on any atom is 0.224 e. The van der Waals surface area contributed by atoms with Crippen LogP contribution in [0.15, 0.2) is 4.99 Å². The van der Waals surface area contributed by atoms with Crippen LogP contribution in [0.5, 0.6) is 0 Å². The molecule has 2 aliphatic heterocycles. The monoisotopic (exact) mass is 351 g/mol.